The van der Waals surface area contributed by atoms with Gasteiger partial charge < -0.3 is 4.74 Å². The molecule has 1 aliphatic rings. The number of hydrogen-bond donors (Lipinski definition) is 0. The molecule has 0 N–H and O–H groups in total. The van der Waals surface area contributed by atoms with Crippen molar-refractivity contribution in [3.63, 3.8) is 0 Å². The van der Waals surface area contributed by atoms with Crippen LogP contribution in [0.4, 0.5) is 0 Å². The van der Waals surface area contributed by atoms with Gasteiger partial charge in [-0.1, -0.05) is 38.8 Å². The fraction of sp³-hybridized carbons (Fsp3) is 1.00. The van der Waals surface area contributed by atoms with Gasteiger partial charge in [0.25, 0.3) is 0 Å². The normalized spacial score (nSPS) is 35.3. The number of alkyl halides is 1. The Kier molecular flexibility index (Phi) is 4.54. The van der Waals surface area contributed by atoms with Gasteiger partial charge in [-0.2, -0.15) is 0 Å². The van der Waals surface area contributed by atoms with Crippen LogP contribution in [0, 0.1) is 17.8 Å². The molecule has 0 spiro atoms. The number of halogens is 1. The summed E-state index contributed by atoms with van der Waals surface area (Å²) in [7, 11) is 0. The first-order chi connectivity index (χ1) is 6.15. The van der Waals surface area contributed by atoms with E-state index < -0.39 is 0 Å². The Labute approximate surface area is 86.8 Å². The third kappa shape index (κ3) is 3.14. The number of rotatable bonds is 3. The van der Waals surface area contributed by atoms with Gasteiger partial charge in [0, 0.05) is 0 Å². The topological polar surface area (TPSA) is 9.23 Å². The first-order valence-corrected chi connectivity index (χ1v) is 5.86. The molecule has 78 valence electrons. The first-order valence-electron chi connectivity index (χ1n) is 5.32. The molecule has 0 aromatic rings. The van der Waals surface area contributed by atoms with E-state index in [1.165, 1.54) is 19.3 Å². The van der Waals surface area contributed by atoms with E-state index in [1.807, 2.05) is 0 Å². The Balaban J connectivity index is 2.50. The smallest absolute Gasteiger partial charge is 0.121 e. The maximum Gasteiger partial charge on any atom is 0.121 e. The van der Waals surface area contributed by atoms with Gasteiger partial charge in [0.2, 0.25) is 0 Å². The average Bonchev–Trinajstić information content (AvgIpc) is 2.04. The highest BCUT2D eigenvalue weighted by molar-refractivity contribution is 6.17. The van der Waals surface area contributed by atoms with E-state index in [0.29, 0.717) is 12.2 Å². The van der Waals surface area contributed by atoms with Crippen LogP contribution in [-0.4, -0.2) is 12.2 Å². The van der Waals surface area contributed by atoms with Crippen molar-refractivity contribution < 1.29 is 4.74 Å². The second kappa shape index (κ2) is 5.21. The molecule has 0 aromatic heterocycles. The van der Waals surface area contributed by atoms with Crippen LogP contribution >= 0.6 is 11.6 Å². The second-order valence-corrected chi connectivity index (χ2v) is 4.86. The minimum Gasteiger partial charge on any atom is -0.362 e. The summed E-state index contributed by atoms with van der Waals surface area (Å²) in [5, 5.41) is 0. The fourth-order valence-electron chi connectivity index (χ4n) is 2.39. The molecule has 0 radical (unpaired) electrons. The maximum absolute atomic E-state index is 5.63. The molecule has 3 atom stereocenters. The fourth-order valence-corrected chi connectivity index (χ4v) is 2.55. The van der Waals surface area contributed by atoms with Crippen LogP contribution in [0.25, 0.3) is 0 Å². The van der Waals surface area contributed by atoms with Crippen LogP contribution in [0.5, 0.6) is 0 Å². The highest BCUT2D eigenvalue weighted by atomic mass is 35.5. The molecular weight excluding hydrogens is 184 g/mol. The summed E-state index contributed by atoms with van der Waals surface area (Å²) in [6, 6.07) is 0.348. The standard InChI is InChI=1S/C11H21ClO/c1-8(2)10-5-4-9(3)6-11(10)13-7-12/h8-11H,4-7H2,1-3H3/t9-,10+,11-/m0/s1. The van der Waals surface area contributed by atoms with Crippen molar-refractivity contribution in [3.05, 3.63) is 0 Å². The molecule has 0 heterocycles. The monoisotopic (exact) mass is 204 g/mol. The van der Waals surface area contributed by atoms with E-state index in [1.54, 1.807) is 0 Å². The predicted molar refractivity (Wildman–Crippen MR) is 56.9 cm³/mol. The van der Waals surface area contributed by atoms with E-state index in [2.05, 4.69) is 20.8 Å². The van der Waals surface area contributed by atoms with Crippen molar-refractivity contribution in [2.75, 3.05) is 6.07 Å². The van der Waals surface area contributed by atoms with E-state index in [9.17, 15) is 0 Å². The Morgan fingerprint density at radius 1 is 1.38 bits per heavy atom. The van der Waals surface area contributed by atoms with Crippen LogP contribution in [-0.2, 0) is 4.74 Å². The van der Waals surface area contributed by atoms with Crippen molar-refractivity contribution in [2.45, 2.75) is 46.1 Å². The van der Waals surface area contributed by atoms with Crippen molar-refractivity contribution >= 4 is 11.6 Å². The van der Waals surface area contributed by atoms with Crippen LogP contribution < -0.4 is 0 Å². The summed E-state index contributed by atoms with van der Waals surface area (Å²) in [5.41, 5.74) is 0. The second-order valence-electron chi connectivity index (χ2n) is 4.64. The minimum atomic E-state index is 0.348. The largest absolute Gasteiger partial charge is 0.362 e. The third-order valence-electron chi connectivity index (χ3n) is 3.24. The van der Waals surface area contributed by atoms with Gasteiger partial charge in [-0.25, -0.2) is 0 Å². The Bertz CT molecular complexity index is 147. The first kappa shape index (κ1) is 11.3. The van der Waals surface area contributed by atoms with Gasteiger partial charge in [-0.3, -0.25) is 0 Å². The molecular formula is C11H21ClO. The van der Waals surface area contributed by atoms with Crippen molar-refractivity contribution in [2.24, 2.45) is 17.8 Å². The predicted octanol–water partition coefficient (Wildman–Crippen LogP) is 3.66. The zero-order valence-electron chi connectivity index (χ0n) is 8.92. The van der Waals surface area contributed by atoms with Gasteiger partial charge in [0.1, 0.15) is 6.07 Å². The minimum absolute atomic E-state index is 0.348. The van der Waals surface area contributed by atoms with Gasteiger partial charge >= 0.3 is 0 Å². The zero-order chi connectivity index (χ0) is 9.84. The number of hydrogen-bond acceptors (Lipinski definition) is 1. The van der Waals surface area contributed by atoms with E-state index in [4.69, 9.17) is 16.3 Å². The lowest BCUT2D eigenvalue weighted by Crippen LogP contribution is -2.34. The highest BCUT2D eigenvalue weighted by Crippen LogP contribution is 2.35. The molecule has 0 unspecified atom stereocenters. The molecule has 1 aliphatic carbocycles. The lowest BCUT2D eigenvalue weighted by atomic mass is 9.75. The lowest BCUT2D eigenvalue weighted by Gasteiger charge is -2.36. The lowest BCUT2D eigenvalue weighted by molar-refractivity contribution is -0.0187. The summed E-state index contributed by atoms with van der Waals surface area (Å²) in [6.07, 6.45) is 4.25. The molecule has 13 heavy (non-hydrogen) atoms. The average molecular weight is 205 g/mol. The van der Waals surface area contributed by atoms with E-state index in [0.717, 1.165) is 17.8 Å². The molecule has 0 aromatic carbocycles. The Hall–Kier alpha value is 0.250. The molecule has 0 amide bonds. The zero-order valence-corrected chi connectivity index (χ0v) is 9.68. The highest BCUT2D eigenvalue weighted by Gasteiger charge is 2.30. The van der Waals surface area contributed by atoms with Crippen molar-refractivity contribution in [3.8, 4) is 0 Å². The summed E-state index contributed by atoms with van der Waals surface area (Å²) >= 11 is 5.63. The van der Waals surface area contributed by atoms with Crippen molar-refractivity contribution in [1.29, 1.82) is 0 Å². The van der Waals surface area contributed by atoms with Crippen LogP contribution in [0.3, 0.4) is 0 Å². The third-order valence-corrected chi connectivity index (χ3v) is 3.36. The van der Waals surface area contributed by atoms with E-state index in [-0.39, 0.29) is 0 Å². The Morgan fingerprint density at radius 3 is 2.62 bits per heavy atom. The van der Waals surface area contributed by atoms with Gasteiger partial charge in [-0.15, -0.1) is 0 Å². The SMILES string of the molecule is CC(C)[C@H]1CC[C@H](C)C[C@@H]1OCCl. The van der Waals surface area contributed by atoms with Crippen LogP contribution in [0.1, 0.15) is 40.0 Å². The van der Waals surface area contributed by atoms with Gasteiger partial charge in [-0.05, 0) is 30.6 Å². The molecule has 0 aliphatic heterocycles. The molecule has 0 saturated heterocycles. The maximum atomic E-state index is 5.63. The summed E-state index contributed by atoms with van der Waals surface area (Å²) in [5.74, 6) is 2.25. The van der Waals surface area contributed by atoms with Crippen LogP contribution in [0.2, 0.25) is 0 Å². The van der Waals surface area contributed by atoms with Gasteiger partial charge in [0.05, 0.1) is 6.10 Å². The molecule has 1 saturated carbocycles. The van der Waals surface area contributed by atoms with Crippen molar-refractivity contribution in [1.82, 2.24) is 0 Å². The summed E-state index contributed by atoms with van der Waals surface area (Å²) in [4.78, 5) is 0. The van der Waals surface area contributed by atoms with E-state index >= 15 is 0 Å². The number of ether oxygens (including phenoxy) is 1. The Morgan fingerprint density at radius 2 is 2.08 bits per heavy atom. The molecule has 0 bridgehead atoms. The molecule has 1 rings (SSSR count). The molecule has 1 nitrogen and oxygen atoms in total. The quantitative estimate of drug-likeness (QED) is 0.638. The summed E-state index contributed by atoms with van der Waals surface area (Å²) in [6.45, 7) is 6.87. The van der Waals surface area contributed by atoms with Crippen LogP contribution in [0.15, 0.2) is 0 Å². The van der Waals surface area contributed by atoms with Gasteiger partial charge in [0.15, 0.2) is 0 Å². The molecule has 2 heteroatoms. The summed E-state index contributed by atoms with van der Waals surface area (Å²) < 4.78 is 5.59. The molecule has 1 fully saturated rings.